The molecule has 0 spiro atoms. The number of Topliss-reactive ketones (excluding diaryl/α,β-unsaturated/α-hetero) is 1. The molecule has 14 heavy (non-hydrogen) atoms. The van der Waals surface area contributed by atoms with Crippen LogP contribution in [0, 0.1) is 0 Å². The van der Waals surface area contributed by atoms with E-state index in [-0.39, 0.29) is 0 Å². The zero-order valence-electron chi connectivity index (χ0n) is 8.20. The molecular formula is C13H14O. The Kier molecular flexibility index (Phi) is 2.78. The van der Waals surface area contributed by atoms with E-state index in [0.29, 0.717) is 12.2 Å². The zero-order valence-corrected chi connectivity index (χ0v) is 8.20. The molecule has 2 rings (SSSR count). The molecule has 72 valence electrons. The van der Waals surface area contributed by atoms with Crippen LogP contribution in [0.25, 0.3) is 0 Å². The molecule has 1 nitrogen and oxygen atoms in total. The zero-order chi connectivity index (χ0) is 9.80. The smallest absolute Gasteiger partial charge is 0.162 e. The van der Waals surface area contributed by atoms with Crippen molar-refractivity contribution in [3.63, 3.8) is 0 Å². The number of hydrogen-bond acceptors (Lipinski definition) is 1. The van der Waals surface area contributed by atoms with E-state index in [1.807, 2.05) is 30.3 Å². The fourth-order valence-electron chi connectivity index (χ4n) is 1.82. The maximum Gasteiger partial charge on any atom is 0.162 e. The van der Waals surface area contributed by atoms with Gasteiger partial charge in [0, 0.05) is 6.42 Å². The molecule has 0 bridgehead atoms. The largest absolute Gasteiger partial charge is 0.294 e. The van der Waals surface area contributed by atoms with Crippen LogP contribution in [0.15, 0.2) is 42.0 Å². The van der Waals surface area contributed by atoms with Gasteiger partial charge in [0.05, 0.1) is 0 Å². The summed E-state index contributed by atoms with van der Waals surface area (Å²) < 4.78 is 0. The average molecular weight is 186 g/mol. The third-order valence-corrected chi connectivity index (χ3v) is 2.61. The summed E-state index contributed by atoms with van der Waals surface area (Å²) in [5.74, 6) is 0.300. The molecule has 0 fully saturated rings. The Balaban J connectivity index is 2.01. The molecule has 0 saturated carbocycles. The van der Waals surface area contributed by atoms with Gasteiger partial charge < -0.3 is 0 Å². The summed E-state index contributed by atoms with van der Waals surface area (Å²) in [5, 5.41) is 0. The number of hydrogen-bond donors (Lipinski definition) is 0. The summed E-state index contributed by atoms with van der Waals surface area (Å²) in [4.78, 5) is 11.7. The Labute approximate surface area is 84.5 Å². The molecule has 0 aromatic heterocycles. The molecule has 0 amide bonds. The van der Waals surface area contributed by atoms with E-state index >= 15 is 0 Å². The lowest BCUT2D eigenvalue weighted by molar-refractivity contribution is -0.115. The Bertz CT molecular complexity index is 349. The van der Waals surface area contributed by atoms with Crippen molar-refractivity contribution >= 4 is 5.78 Å². The second-order valence-electron chi connectivity index (χ2n) is 3.71. The quantitative estimate of drug-likeness (QED) is 0.709. The first-order valence-electron chi connectivity index (χ1n) is 5.12. The molecule has 0 radical (unpaired) electrons. The minimum Gasteiger partial charge on any atom is -0.294 e. The fraction of sp³-hybridized carbons (Fsp3) is 0.308. The maximum absolute atomic E-state index is 11.7. The Hall–Kier alpha value is -1.37. The van der Waals surface area contributed by atoms with Crippen molar-refractivity contribution in [3.8, 4) is 0 Å². The van der Waals surface area contributed by atoms with E-state index in [1.54, 1.807) is 0 Å². The first kappa shape index (κ1) is 9.20. The molecule has 1 aromatic rings. The lowest BCUT2D eigenvalue weighted by atomic mass is 10.0. The molecule has 0 unspecified atom stereocenters. The maximum atomic E-state index is 11.7. The van der Waals surface area contributed by atoms with Gasteiger partial charge in [-0.15, -0.1) is 0 Å². The molecule has 1 aliphatic rings. The molecule has 0 atom stereocenters. The summed E-state index contributed by atoms with van der Waals surface area (Å²) in [5.41, 5.74) is 2.15. The van der Waals surface area contributed by atoms with E-state index in [2.05, 4.69) is 6.08 Å². The van der Waals surface area contributed by atoms with E-state index < -0.39 is 0 Å². The van der Waals surface area contributed by atoms with Gasteiger partial charge in [-0.1, -0.05) is 36.4 Å². The molecule has 0 aliphatic heterocycles. The van der Waals surface area contributed by atoms with Crippen LogP contribution < -0.4 is 0 Å². The van der Waals surface area contributed by atoms with Gasteiger partial charge in [-0.05, 0) is 30.4 Å². The lowest BCUT2D eigenvalue weighted by Crippen LogP contribution is -2.04. The third kappa shape index (κ3) is 2.11. The van der Waals surface area contributed by atoms with Crippen LogP contribution in [0.2, 0.25) is 0 Å². The summed E-state index contributed by atoms with van der Waals surface area (Å²) >= 11 is 0. The van der Waals surface area contributed by atoms with Crippen LogP contribution in [0.5, 0.6) is 0 Å². The SMILES string of the molecule is O=C(Cc1ccccc1)C1=CCCC1. The van der Waals surface area contributed by atoms with Crippen LogP contribution >= 0.6 is 0 Å². The number of allylic oxidation sites excluding steroid dienone is 2. The molecule has 1 aliphatic carbocycles. The average Bonchev–Trinajstić information content (AvgIpc) is 2.72. The highest BCUT2D eigenvalue weighted by atomic mass is 16.1. The van der Waals surface area contributed by atoms with Crippen molar-refractivity contribution in [3.05, 3.63) is 47.5 Å². The monoisotopic (exact) mass is 186 g/mol. The highest BCUT2D eigenvalue weighted by Crippen LogP contribution is 2.19. The van der Waals surface area contributed by atoms with E-state index in [1.165, 1.54) is 0 Å². The first-order chi connectivity index (χ1) is 6.86. The predicted octanol–water partition coefficient (Wildman–Crippen LogP) is 2.91. The first-order valence-corrected chi connectivity index (χ1v) is 5.12. The minimum atomic E-state index is 0.300. The highest BCUT2D eigenvalue weighted by Gasteiger charge is 2.13. The van der Waals surface area contributed by atoms with Gasteiger partial charge in [0.15, 0.2) is 5.78 Å². The van der Waals surface area contributed by atoms with Crippen molar-refractivity contribution in [1.82, 2.24) is 0 Å². The number of carbonyl (C=O) groups excluding carboxylic acids is 1. The second kappa shape index (κ2) is 4.23. The predicted molar refractivity (Wildman–Crippen MR) is 57.1 cm³/mol. The van der Waals surface area contributed by atoms with E-state index in [0.717, 1.165) is 30.4 Å². The second-order valence-corrected chi connectivity index (χ2v) is 3.71. The summed E-state index contributed by atoms with van der Waals surface area (Å²) in [6, 6.07) is 9.95. The van der Waals surface area contributed by atoms with Crippen molar-refractivity contribution in [2.24, 2.45) is 0 Å². The number of rotatable bonds is 3. The van der Waals surface area contributed by atoms with Crippen LogP contribution in [0.3, 0.4) is 0 Å². The van der Waals surface area contributed by atoms with Crippen LogP contribution in [0.1, 0.15) is 24.8 Å². The Morgan fingerprint density at radius 2 is 2.00 bits per heavy atom. The van der Waals surface area contributed by atoms with Gasteiger partial charge in [-0.3, -0.25) is 4.79 Å². The van der Waals surface area contributed by atoms with Crippen LogP contribution in [-0.4, -0.2) is 5.78 Å². The molecule has 0 saturated heterocycles. The third-order valence-electron chi connectivity index (χ3n) is 2.61. The number of carbonyl (C=O) groups is 1. The van der Waals surface area contributed by atoms with Gasteiger partial charge in [0.2, 0.25) is 0 Å². The minimum absolute atomic E-state index is 0.300. The van der Waals surface area contributed by atoms with Crippen molar-refractivity contribution in [2.45, 2.75) is 25.7 Å². The van der Waals surface area contributed by atoms with E-state index in [4.69, 9.17) is 0 Å². The number of ketones is 1. The Morgan fingerprint density at radius 1 is 1.21 bits per heavy atom. The topological polar surface area (TPSA) is 17.1 Å². The molecule has 1 heteroatoms. The Morgan fingerprint density at radius 3 is 2.64 bits per heavy atom. The van der Waals surface area contributed by atoms with Crippen LogP contribution in [0.4, 0.5) is 0 Å². The molecule has 1 aromatic carbocycles. The summed E-state index contributed by atoms with van der Waals surface area (Å²) in [7, 11) is 0. The molecule has 0 N–H and O–H groups in total. The fourth-order valence-corrected chi connectivity index (χ4v) is 1.82. The molecule has 0 heterocycles. The van der Waals surface area contributed by atoms with Crippen LogP contribution in [-0.2, 0) is 11.2 Å². The van der Waals surface area contributed by atoms with Gasteiger partial charge >= 0.3 is 0 Å². The van der Waals surface area contributed by atoms with Gasteiger partial charge in [0.25, 0.3) is 0 Å². The lowest BCUT2D eigenvalue weighted by Gasteiger charge is -2.01. The van der Waals surface area contributed by atoms with Crippen molar-refractivity contribution in [2.75, 3.05) is 0 Å². The van der Waals surface area contributed by atoms with Gasteiger partial charge in [-0.2, -0.15) is 0 Å². The summed E-state index contributed by atoms with van der Waals surface area (Å²) in [6.45, 7) is 0. The van der Waals surface area contributed by atoms with E-state index in [9.17, 15) is 4.79 Å². The van der Waals surface area contributed by atoms with Crippen molar-refractivity contribution in [1.29, 1.82) is 0 Å². The van der Waals surface area contributed by atoms with Crippen molar-refractivity contribution < 1.29 is 4.79 Å². The highest BCUT2D eigenvalue weighted by molar-refractivity contribution is 5.97. The van der Waals surface area contributed by atoms with Gasteiger partial charge in [-0.25, -0.2) is 0 Å². The summed E-state index contributed by atoms with van der Waals surface area (Å²) in [6.07, 6.45) is 5.86. The molecular weight excluding hydrogens is 172 g/mol. The standard InChI is InChI=1S/C13H14O/c14-13(12-8-4-5-9-12)10-11-6-2-1-3-7-11/h1-3,6-8H,4-5,9-10H2. The number of benzene rings is 1. The van der Waals surface area contributed by atoms with Gasteiger partial charge in [0.1, 0.15) is 0 Å². The normalized spacial score (nSPS) is 15.3.